The SMILES string of the molecule is CCCC/C=C\CCCCCCCC(=O)OCCCCCCCCCCCCCCCCCCCCCCCCCCC(=O)NC(CO)C(O)/C=C/CCCCCCCCCCCCCCCCCCCCCCCC. The van der Waals surface area contributed by atoms with Crippen LogP contribution in [0.4, 0.5) is 0 Å². The Labute approximate surface area is 475 Å². The van der Waals surface area contributed by atoms with Gasteiger partial charge in [-0.05, 0) is 51.4 Å². The summed E-state index contributed by atoms with van der Waals surface area (Å²) < 4.78 is 5.46. The van der Waals surface area contributed by atoms with Crippen LogP contribution in [0, 0.1) is 0 Å². The first-order chi connectivity index (χ1) is 37.5. The van der Waals surface area contributed by atoms with Gasteiger partial charge >= 0.3 is 5.97 Å². The zero-order chi connectivity index (χ0) is 55.0. The lowest BCUT2D eigenvalue weighted by Crippen LogP contribution is -2.45. The third kappa shape index (κ3) is 61.6. The molecule has 0 spiro atoms. The van der Waals surface area contributed by atoms with Crippen LogP contribution in [0.2, 0.25) is 0 Å². The number of carbonyl (C=O) groups is 2. The molecule has 0 radical (unpaired) electrons. The predicted octanol–water partition coefficient (Wildman–Crippen LogP) is 22.1. The van der Waals surface area contributed by atoms with E-state index in [1.807, 2.05) is 6.08 Å². The number of hydrogen-bond donors (Lipinski definition) is 3. The van der Waals surface area contributed by atoms with E-state index >= 15 is 0 Å². The van der Waals surface area contributed by atoms with Gasteiger partial charge in [-0.3, -0.25) is 9.59 Å². The van der Waals surface area contributed by atoms with Crippen molar-refractivity contribution in [3.63, 3.8) is 0 Å². The number of allylic oxidation sites excluding steroid dienone is 3. The Morgan fingerprint density at radius 2 is 0.632 bits per heavy atom. The summed E-state index contributed by atoms with van der Waals surface area (Å²) in [4.78, 5) is 24.5. The zero-order valence-electron chi connectivity index (χ0n) is 51.5. The average Bonchev–Trinajstić information content (AvgIpc) is 3.42. The van der Waals surface area contributed by atoms with Gasteiger partial charge in [-0.25, -0.2) is 0 Å². The van der Waals surface area contributed by atoms with Crippen LogP contribution in [0.3, 0.4) is 0 Å². The van der Waals surface area contributed by atoms with E-state index in [1.54, 1.807) is 6.08 Å². The molecule has 0 aliphatic carbocycles. The van der Waals surface area contributed by atoms with Crippen LogP contribution in [0.25, 0.3) is 0 Å². The second-order valence-corrected chi connectivity index (χ2v) is 23.9. The summed E-state index contributed by atoms with van der Waals surface area (Å²) in [5.74, 6) is -0.0580. The van der Waals surface area contributed by atoms with Gasteiger partial charge in [0.05, 0.1) is 25.4 Å². The number of aliphatic hydroxyl groups is 2. The van der Waals surface area contributed by atoms with E-state index in [0.29, 0.717) is 19.4 Å². The van der Waals surface area contributed by atoms with E-state index < -0.39 is 12.1 Å². The zero-order valence-corrected chi connectivity index (χ0v) is 51.5. The normalized spacial score (nSPS) is 12.6. The number of carbonyl (C=O) groups excluding carboxylic acids is 2. The standard InChI is InChI=1S/C70H135NO5/c1-3-5-7-9-11-13-15-16-17-18-19-20-21-24-27-30-33-36-39-43-46-50-54-58-62-68(73)67(66-72)71-69(74)63-59-55-51-47-44-40-37-34-31-28-25-22-23-26-29-32-35-38-41-45-49-53-57-61-65-76-70(75)64-60-56-52-48-42-14-12-10-8-6-4-2/h10,12,58,62,67-68,72-73H,3-9,11,13-57,59-61,63-66H2,1-2H3,(H,71,74)/b12-10-,62-58+. The molecule has 76 heavy (non-hydrogen) atoms. The fourth-order valence-electron chi connectivity index (χ4n) is 10.9. The van der Waals surface area contributed by atoms with Crippen LogP contribution in [0.15, 0.2) is 24.3 Å². The van der Waals surface area contributed by atoms with E-state index in [9.17, 15) is 19.8 Å². The monoisotopic (exact) mass is 1070 g/mol. The highest BCUT2D eigenvalue weighted by atomic mass is 16.5. The summed E-state index contributed by atoms with van der Waals surface area (Å²) in [6.45, 7) is 4.90. The third-order valence-corrected chi connectivity index (χ3v) is 16.2. The van der Waals surface area contributed by atoms with Gasteiger partial charge in [0.1, 0.15) is 0 Å². The Balaban J connectivity index is 3.40. The maximum absolute atomic E-state index is 12.5. The lowest BCUT2D eigenvalue weighted by Gasteiger charge is -2.20. The molecule has 0 aromatic rings. The lowest BCUT2D eigenvalue weighted by atomic mass is 10.0. The van der Waals surface area contributed by atoms with Crippen molar-refractivity contribution in [3.05, 3.63) is 24.3 Å². The Hall–Kier alpha value is -1.66. The van der Waals surface area contributed by atoms with Gasteiger partial charge in [-0.2, -0.15) is 0 Å². The van der Waals surface area contributed by atoms with Crippen molar-refractivity contribution >= 4 is 11.9 Å². The smallest absolute Gasteiger partial charge is 0.305 e. The number of unbranched alkanes of at least 4 members (excludes halogenated alkanes) is 52. The minimum Gasteiger partial charge on any atom is -0.466 e. The van der Waals surface area contributed by atoms with Crippen LogP contribution in [0.5, 0.6) is 0 Å². The van der Waals surface area contributed by atoms with Crippen LogP contribution < -0.4 is 5.32 Å². The highest BCUT2D eigenvalue weighted by Gasteiger charge is 2.18. The van der Waals surface area contributed by atoms with E-state index in [1.165, 1.54) is 315 Å². The second kappa shape index (κ2) is 65.9. The van der Waals surface area contributed by atoms with Crippen molar-refractivity contribution in [2.45, 2.75) is 398 Å². The Bertz CT molecular complexity index is 1190. The number of ether oxygens (including phenoxy) is 1. The summed E-state index contributed by atoms with van der Waals surface area (Å²) in [6.07, 6.45) is 82.5. The summed E-state index contributed by atoms with van der Waals surface area (Å²) in [5.41, 5.74) is 0. The molecule has 0 fully saturated rings. The van der Waals surface area contributed by atoms with Gasteiger partial charge in [0.2, 0.25) is 5.91 Å². The number of esters is 1. The first-order valence-electron chi connectivity index (χ1n) is 34.6. The van der Waals surface area contributed by atoms with Crippen LogP contribution >= 0.6 is 0 Å². The van der Waals surface area contributed by atoms with Gasteiger partial charge in [0, 0.05) is 12.8 Å². The topological polar surface area (TPSA) is 95.9 Å². The fraction of sp³-hybridized carbons (Fsp3) is 0.914. The summed E-state index contributed by atoms with van der Waals surface area (Å²) in [5, 5.41) is 23.3. The molecular formula is C70H135NO5. The van der Waals surface area contributed by atoms with Gasteiger partial charge < -0.3 is 20.3 Å². The molecule has 0 rings (SSSR count). The van der Waals surface area contributed by atoms with Crippen molar-refractivity contribution in [1.82, 2.24) is 5.32 Å². The largest absolute Gasteiger partial charge is 0.466 e. The van der Waals surface area contributed by atoms with E-state index in [-0.39, 0.29) is 18.5 Å². The quantitative estimate of drug-likeness (QED) is 0.0320. The van der Waals surface area contributed by atoms with Crippen molar-refractivity contribution in [3.8, 4) is 0 Å². The van der Waals surface area contributed by atoms with Crippen LogP contribution in [-0.4, -0.2) is 47.4 Å². The number of hydrogen-bond acceptors (Lipinski definition) is 5. The van der Waals surface area contributed by atoms with Crippen molar-refractivity contribution in [2.24, 2.45) is 0 Å². The van der Waals surface area contributed by atoms with E-state index in [0.717, 1.165) is 44.9 Å². The molecule has 6 nitrogen and oxygen atoms in total. The molecule has 0 bridgehead atoms. The highest BCUT2D eigenvalue weighted by Crippen LogP contribution is 2.19. The number of amides is 1. The summed E-state index contributed by atoms with van der Waals surface area (Å²) in [6, 6.07) is -0.628. The molecule has 3 N–H and O–H groups in total. The van der Waals surface area contributed by atoms with Crippen LogP contribution in [-0.2, 0) is 14.3 Å². The van der Waals surface area contributed by atoms with Gasteiger partial charge in [-0.1, -0.05) is 346 Å². The fourth-order valence-corrected chi connectivity index (χ4v) is 10.9. The van der Waals surface area contributed by atoms with Crippen LogP contribution in [0.1, 0.15) is 386 Å². The average molecular weight is 1070 g/mol. The third-order valence-electron chi connectivity index (χ3n) is 16.2. The summed E-state index contributed by atoms with van der Waals surface area (Å²) in [7, 11) is 0. The molecule has 0 aliphatic rings. The van der Waals surface area contributed by atoms with Gasteiger partial charge in [0.25, 0.3) is 0 Å². The predicted molar refractivity (Wildman–Crippen MR) is 333 cm³/mol. The molecule has 0 saturated carbocycles. The molecule has 0 aromatic carbocycles. The van der Waals surface area contributed by atoms with Crippen molar-refractivity contribution in [1.29, 1.82) is 0 Å². The molecule has 450 valence electrons. The van der Waals surface area contributed by atoms with E-state index in [2.05, 4.69) is 31.3 Å². The molecule has 0 aromatic heterocycles. The molecule has 6 heteroatoms. The highest BCUT2D eigenvalue weighted by molar-refractivity contribution is 5.76. The van der Waals surface area contributed by atoms with E-state index in [4.69, 9.17) is 4.74 Å². The molecule has 1 amide bonds. The maximum atomic E-state index is 12.5. The molecule has 0 aliphatic heterocycles. The molecule has 2 unspecified atom stereocenters. The van der Waals surface area contributed by atoms with Gasteiger partial charge in [0.15, 0.2) is 0 Å². The Morgan fingerprint density at radius 3 is 0.974 bits per heavy atom. The Kier molecular flexibility index (Phi) is 64.4. The van der Waals surface area contributed by atoms with Crippen molar-refractivity contribution in [2.75, 3.05) is 13.2 Å². The first-order valence-corrected chi connectivity index (χ1v) is 34.6. The first kappa shape index (κ1) is 74.3. The Morgan fingerprint density at radius 1 is 0.355 bits per heavy atom. The van der Waals surface area contributed by atoms with Crippen molar-refractivity contribution < 1.29 is 24.5 Å². The minimum absolute atomic E-state index is 0.00451. The molecule has 0 saturated heterocycles. The second-order valence-electron chi connectivity index (χ2n) is 23.9. The minimum atomic E-state index is -0.845. The summed E-state index contributed by atoms with van der Waals surface area (Å²) >= 11 is 0. The number of nitrogens with one attached hydrogen (secondary N) is 1. The number of rotatable bonds is 65. The molecule has 2 atom stereocenters. The molecule has 0 heterocycles. The maximum Gasteiger partial charge on any atom is 0.305 e. The van der Waals surface area contributed by atoms with Gasteiger partial charge in [-0.15, -0.1) is 0 Å². The lowest BCUT2D eigenvalue weighted by molar-refractivity contribution is -0.143. The number of aliphatic hydroxyl groups excluding tert-OH is 2. The molecular weight excluding hydrogens is 935 g/mol.